The molecule has 0 aliphatic carbocycles. The number of hydrogen-bond donors (Lipinski definition) is 0. The summed E-state index contributed by atoms with van der Waals surface area (Å²) in [6.07, 6.45) is 4.52. The first-order valence-corrected chi connectivity index (χ1v) is 8.51. The van der Waals surface area contributed by atoms with Crippen molar-refractivity contribution in [1.29, 1.82) is 0 Å². The predicted octanol–water partition coefficient (Wildman–Crippen LogP) is 2.38. The van der Waals surface area contributed by atoms with Crippen molar-refractivity contribution in [2.45, 2.75) is 39.8 Å². The third-order valence-corrected chi connectivity index (χ3v) is 4.07. The molecule has 0 aliphatic heterocycles. The van der Waals surface area contributed by atoms with Crippen molar-refractivity contribution in [3.63, 3.8) is 0 Å². The van der Waals surface area contributed by atoms with Crippen LogP contribution in [-0.2, 0) is 17.9 Å². The summed E-state index contributed by atoms with van der Waals surface area (Å²) in [5, 5.41) is 8.35. The molecular formula is C18H22N6O2. The van der Waals surface area contributed by atoms with Crippen molar-refractivity contribution in [2.24, 2.45) is 0 Å². The molecule has 3 aromatic rings. The summed E-state index contributed by atoms with van der Waals surface area (Å²) in [6, 6.07) is 5.65. The van der Waals surface area contributed by atoms with Crippen LogP contribution in [-0.4, -0.2) is 42.8 Å². The zero-order chi connectivity index (χ0) is 18.5. The second kappa shape index (κ2) is 7.90. The lowest BCUT2D eigenvalue weighted by molar-refractivity contribution is -0.130. The van der Waals surface area contributed by atoms with Gasteiger partial charge in [0.1, 0.15) is 0 Å². The number of aromatic nitrogens is 5. The van der Waals surface area contributed by atoms with Gasteiger partial charge in [0, 0.05) is 43.7 Å². The molecule has 0 aromatic carbocycles. The van der Waals surface area contributed by atoms with E-state index in [1.165, 1.54) is 0 Å². The molecule has 0 N–H and O–H groups in total. The Bertz CT molecular complexity index is 871. The van der Waals surface area contributed by atoms with Gasteiger partial charge in [0.15, 0.2) is 0 Å². The van der Waals surface area contributed by atoms with Crippen molar-refractivity contribution in [2.75, 3.05) is 7.05 Å². The zero-order valence-corrected chi connectivity index (χ0v) is 15.2. The molecule has 0 fully saturated rings. The molecule has 0 aliphatic rings. The van der Waals surface area contributed by atoms with Gasteiger partial charge in [-0.3, -0.25) is 14.5 Å². The van der Waals surface area contributed by atoms with Crippen LogP contribution in [0.5, 0.6) is 0 Å². The minimum Gasteiger partial charge on any atom is -0.337 e. The minimum atomic E-state index is 0.0372. The van der Waals surface area contributed by atoms with Crippen molar-refractivity contribution in [1.82, 2.24) is 29.8 Å². The standard InChI is InChI=1S/C18H22N6O2/c1-13-11-14(2)24(21-13)10-4-5-17(25)23(3)12-16-20-18(22-26-16)15-6-8-19-9-7-15/h6-9,11H,4-5,10,12H2,1-3H3. The summed E-state index contributed by atoms with van der Waals surface area (Å²) in [5.41, 5.74) is 2.93. The summed E-state index contributed by atoms with van der Waals surface area (Å²) < 4.78 is 7.17. The van der Waals surface area contributed by atoms with E-state index in [2.05, 4.69) is 20.2 Å². The van der Waals surface area contributed by atoms with E-state index in [0.29, 0.717) is 18.1 Å². The molecule has 8 nitrogen and oxygen atoms in total. The number of aryl methyl sites for hydroxylation is 3. The summed E-state index contributed by atoms with van der Waals surface area (Å²) >= 11 is 0. The smallest absolute Gasteiger partial charge is 0.246 e. The highest BCUT2D eigenvalue weighted by atomic mass is 16.5. The van der Waals surface area contributed by atoms with Crippen LogP contribution in [0, 0.1) is 13.8 Å². The number of hydrogen-bond acceptors (Lipinski definition) is 6. The predicted molar refractivity (Wildman–Crippen MR) is 94.9 cm³/mol. The Balaban J connectivity index is 1.50. The third kappa shape index (κ3) is 4.33. The molecule has 3 rings (SSSR count). The Morgan fingerprint density at radius 1 is 1.27 bits per heavy atom. The molecule has 0 spiro atoms. The molecule has 0 bridgehead atoms. The van der Waals surface area contributed by atoms with Crippen LogP contribution in [0.25, 0.3) is 11.4 Å². The molecule has 0 unspecified atom stereocenters. The van der Waals surface area contributed by atoms with Gasteiger partial charge < -0.3 is 9.42 Å². The van der Waals surface area contributed by atoms with E-state index < -0.39 is 0 Å². The molecule has 0 saturated heterocycles. The fourth-order valence-electron chi connectivity index (χ4n) is 2.70. The third-order valence-electron chi connectivity index (χ3n) is 4.07. The second-order valence-electron chi connectivity index (χ2n) is 6.25. The van der Waals surface area contributed by atoms with Crippen LogP contribution < -0.4 is 0 Å². The van der Waals surface area contributed by atoms with Gasteiger partial charge in [-0.05, 0) is 38.5 Å². The van der Waals surface area contributed by atoms with Crippen molar-refractivity contribution in [3.05, 3.63) is 47.9 Å². The quantitative estimate of drug-likeness (QED) is 0.647. The fraction of sp³-hybridized carbons (Fsp3) is 0.389. The van der Waals surface area contributed by atoms with Gasteiger partial charge in [-0.1, -0.05) is 5.16 Å². The first-order valence-electron chi connectivity index (χ1n) is 8.51. The van der Waals surface area contributed by atoms with E-state index >= 15 is 0 Å². The van der Waals surface area contributed by atoms with E-state index in [-0.39, 0.29) is 12.5 Å². The Hall–Kier alpha value is -3.03. The minimum absolute atomic E-state index is 0.0372. The molecule has 3 aromatic heterocycles. The SMILES string of the molecule is Cc1cc(C)n(CCCC(=O)N(C)Cc2nc(-c3ccncc3)no2)n1. The van der Waals surface area contributed by atoms with E-state index in [1.54, 1.807) is 24.3 Å². The van der Waals surface area contributed by atoms with Crippen LogP contribution in [0.4, 0.5) is 0 Å². The second-order valence-corrected chi connectivity index (χ2v) is 6.25. The van der Waals surface area contributed by atoms with Gasteiger partial charge in [0.05, 0.1) is 12.2 Å². The number of carbonyl (C=O) groups excluding carboxylic acids is 1. The highest BCUT2D eigenvalue weighted by Crippen LogP contribution is 2.15. The lowest BCUT2D eigenvalue weighted by atomic mass is 10.2. The van der Waals surface area contributed by atoms with Gasteiger partial charge in [0.2, 0.25) is 17.6 Å². The summed E-state index contributed by atoms with van der Waals surface area (Å²) in [4.78, 5) is 22.2. The van der Waals surface area contributed by atoms with Crippen LogP contribution in [0.1, 0.15) is 30.1 Å². The number of carbonyl (C=O) groups is 1. The Morgan fingerprint density at radius 2 is 2.04 bits per heavy atom. The molecule has 0 atom stereocenters. The van der Waals surface area contributed by atoms with Crippen molar-refractivity contribution in [3.8, 4) is 11.4 Å². The number of rotatable bonds is 7. The van der Waals surface area contributed by atoms with Crippen LogP contribution in [0.2, 0.25) is 0 Å². The maximum atomic E-state index is 12.3. The van der Waals surface area contributed by atoms with Crippen LogP contribution >= 0.6 is 0 Å². The normalized spacial score (nSPS) is 10.9. The topological polar surface area (TPSA) is 89.9 Å². The lowest BCUT2D eigenvalue weighted by Crippen LogP contribution is -2.26. The summed E-state index contributed by atoms with van der Waals surface area (Å²) in [6.45, 7) is 5.00. The van der Waals surface area contributed by atoms with Crippen molar-refractivity contribution >= 4 is 5.91 Å². The number of pyridine rings is 1. The molecule has 1 amide bonds. The van der Waals surface area contributed by atoms with Gasteiger partial charge in [-0.15, -0.1) is 0 Å². The van der Waals surface area contributed by atoms with E-state index in [0.717, 1.165) is 29.9 Å². The number of amides is 1. The molecule has 8 heteroatoms. The first kappa shape index (κ1) is 17.8. The lowest BCUT2D eigenvalue weighted by Gasteiger charge is -2.14. The molecule has 0 saturated carbocycles. The summed E-state index contributed by atoms with van der Waals surface area (Å²) in [7, 11) is 1.74. The largest absolute Gasteiger partial charge is 0.337 e. The molecule has 0 radical (unpaired) electrons. The van der Waals surface area contributed by atoms with Gasteiger partial charge in [-0.25, -0.2) is 0 Å². The van der Waals surface area contributed by atoms with Gasteiger partial charge >= 0.3 is 0 Å². The van der Waals surface area contributed by atoms with Gasteiger partial charge in [-0.2, -0.15) is 10.1 Å². The van der Waals surface area contributed by atoms with Gasteiger partial charge in [0.25, 0.3) is 0 Å². The Morgan fingerprint density at radius 3 is 2.73 bits per heavy atom. The Kier molecular flexibility index (Phi) is 5.40. The van der Waals surface area contributed by atoms with Crippen molar-refractivity contribution < 1.29 is 9.32 Å². The summed E-state index contributed by atoms with van der Waals surface area (Å²) in [5.74, 6) is 0.939. The van der Waals surface area contributed by atoms with Crippen LogP contribution in [0.15, 0.2) is 35.1 Å². The first-order chi connectivity index (χ1) is 12.5. The molecule has 3 heterocycles. The fourth-order valence-corrected chi connectivity index (χ4v) is 2.70. The van der Waals surface area contributed by atoms with E-state index in [9.17, 15) is 4.79 Å². The zero-order valence-electron chi connectivity index (χ0n) is 15.2. The maximum absolute atomic E-state index is 12.3. The average Bonchev–Trinajstić information content (AvgIpc) is 3.22. The number of nitrogens with zero attached hydrogens (tertiary/aromatic N) is 6. The highest BCUT2D eigenvalue weighted by Gasteiger charge is 2.14. The molecule has 26 heavy (non-hydrogen) atoms. The molecule has 136 valence electrons. The highest BCUT2D eigenvalue weighted by molar-refractivity contribution is 5.75. The van der Waals surface area contributed by atoms with E-state index in [1.807, 2.05) is 36.7 Å². The maximum Gasteiger partial charge on any atom is 0.246 e. The monoisotopic (exact) mass is 354 g/mol. The van der Waals surface area contributed by atoms with Crippen LogP contribution in [0.3, 0.4) is 0 Å². The average molecular weight is 354 g/mol. The van der Waals surface area contributed by atoms with E-state index in [4.69, 9.17) is 4.52 Å². The Labute approximate surface area is 151 Å². The molecular weight excluding hydrogens is 332 g/mol.